The topological polar surface area (TPSA) is 45.6 Å². The van der Waals surface area contributed by atoms with Gasteiger partial charge in [0.15, 0.2) is 0 Å². The Morgan fingerprint density at radius 3 is 3.07 bits per heavy atom. The molecule has 0 aliphatic heterocycles. The second kappa shape index (κ2) is 4.11. The van der Waals surface area contributed by atoms with E-state index >= 15 is 0 Å². The van der Waals surface area contributed by atoms with Gasteiger partial charge in [-0.1, -0.05) is 0 Å². The first-order chi connectivity index (χ1) is 6.86. The van der Waals surface area contributed by atoms with Crippen molar-refractivity contribution in [2.24, 2.45) is 7.05 Å². The summed E-state index contributed by atoms with van der Waals surface area (Å²) in [5.74, 6) is 0. The molecule has 0 saturated heterocycles. The molecule has 0 saturated carbocycles. The lowest BCUT2D eigenvalue weighted by Gasteiger charge is -2.04. The van der Waals surface area contributed by atoms with Crippen LogP contribution in [0.3, 0.4) is 0 Å². The summed E-state index contributed by atoms with van der Waals surface area (Å²) in [5.41, 5.74) is 2.47. The number of aryl methyl sites for hydroxylation is 1. The predicted molar refractivity (Wildman–Crippen MR) is 54.5 cm³/mol. The van der Waals surface area contributed by atoms with E-state index in [4.69, 9.17) is 0 Å². The zero-order chi connectivity index (χ0) is 9.80. The summed E-state index contributed by atoms with van der Waals surface area (Å²) in [6, 6.07) is 4.16. The molecule has 0 aliphatic rings. The summed E-state index contributed by atoms with van der Waals surface area (Å²) in [7, 11) is 2.05. The molecule has 0 atom stereocenters. The zero-order valence-corrected chi connectivity index (χ0v) is 8.20. The molecule has 2 N–H and O–H groups in total. The van der Waals surface area contributed by atoms with Crippen LogP contribution < -0.4 is 5.32 Å². The largest absolute Gasteiger partial charge is 0.353 e. The van der Waals surface area contributed by atoms with Crippen molar-refractivity contribution >= 4 is 0 Å². The molecule has 2 heterocycles. The number of rotatable bonds is 4. The highest BCUT2D eigenvalue weighted by atomic mass is 15.1. The van der Waals surface area contributed by atoms with Crippen LogP contribution in [0.1, 0.15) is 11.3 Å². The number of H-pyrrole nitrogens is 1. The van der Waals surface area contributed by atoms with E-state index in [0.29, 0.717) is 0 Å². The van der Waals surface area contributed by atoms with Crippen LogP contribution in [0, 0.1) is 0 Å². The van der Waals surface area contributed by atoms with Crippen LogP contribution in [-0.4, -0.2) is 14.8 Å². The van der Waals surface area contributed by atoms with E-state index in [9.17, 15) is 0 Å². The third-order valence-corrected chi connectivity index (χ3v) is 2.24. The molecule has 0 unspecified atom stereocenters. The first kappa shape index (κ1) is 9.02. The fraction of sp³-hybridized carbons (Fsp3) is 0.300. The minimum Gasteiger partial charge on any atom is -0.353 e. The quantitative estimate of drug-likeness (QED) is 0.756. The lowest BCUT2D eigenvalue weighted by molar-refractivity contribution is 0.655. The van der Waals surface area contributed by atoms with Crippen molar-refractivity contribution < 1.29 is 0 Å². The Morgan fingerprint density at radius 1 is 1.50 bits per heavy atom. The maximum Gasteiger partial charge on any atom is 0.0532 e. The molecule has 4 nitrogen and oxygen atoms in total. The molecule has 0 aliphatic carbocycles. The molecule has 0 aromatic carbocycles. The molecule has 0 amide bonds. The minimum atomic E-state index is 0.849. The van der Waals surface area contributed by atoms with E-state index < -0.39 is 0 Å². The summed E-state index contributed by atoms with van der Waals surface area (Å²) < 4.78 is 2.11. The minimum absolute atomic E-state index is 0.849. The highest BCUT2D eigenvalue weighted by molar-refractivity contribution is 5.07. The van der Waals surface area contributed by atoms with Gasteiger partial charge in [-0.05, 0) is 12.1 Å². The molecule has 0 spiro atoms. The van der Waals surface area contributed by atoms with Gasteiger partial charge in [0.25, 0.3) is 0 Å². The molecule has 0 fully saturated rings. The van der Waals surface area contributed by atoms with Crippen molar-refractivity contribution in [2.75, 3.05) is 0 Å². The zero-order valence-electron chi connectivity index (χ0n) is 8.20. The Morgan fingerprint density at radius 2 is 2.43 bits per heavy atom. The second-order valence-electron chi connectivity index (χ2n) is 3.32. The standard InChI is InChI=1S/C10H14N4/c1-14-4-2-3-10(14)8-11-5-9-6-12-13-7-9/h2-4,6-7,11H,5,8H2,1H3,(H,12,13). The normalized spacial score (nSPS) is 10.6. The molecule has 14 heavy (non-hydrogen) atoms. The SMILES string of the molecule is Cn1cccc1CNCc1cn[nH]c1. The number of aromatic nitrogens is 3. The summed E-state index contributed by atoms with van der Waals surface area (Å²) >= 11 is 0. The molecule has 2 aromatic heterocycles. The average Bonchev–Trinajstić information content (AvgIpc) is 2.78. The van der Waals surface area contributed by atoms with Crippen LogP contribution in [0.2, 0.25) is 0 Å². The van der Waals surface area contributed by atoms with Crippen molar-refractivity contribution in [3.63, 3.8) is 0 Å². The van der Waals surface area contributed by atoms with E-state index in [0.717, 1.165) is 13.1 Å². The van der Waals surface area contributed by atoms with Gasteiger partial charge in [0, 0.05) is 43.8 Å². The van der Waals surface area contributed by atoms with E-state index in [-0.39, 0.29) is 0 Å². The first-order valence-electron chi connectivity index (χ1n) is 4.65. The maximum absolute atomic E-state index is 3.89. The van der Waals surface area contributed by atoms with E-state index in [1.807, 2.05) is 12.4 Å². The lowest BCUT2D eigenvalue weighted by atomic mass is 10.3. The molecule has 0 radical (unpaired) electrons. The van der Waals surface area contributed by atoms with Crippen molar-refractivity contribution in [1.29, 1.82) is 0 Å². The molecular formula is C10H14N4. The van der Waals surface area contributed by atoms with E-state index in [1.165, 1.54) is 11.3 Å². The number of nitrogens with zero attached hydrogens (tertiary/aromatic N) is 2. The van der Waals surface area contributed by atoms with Gasteiger partial charge in [0.2, 0.25) is 0 Å². The molecule has 2 rings (SSSR count). The van der Waals surface area contributed by atoms with Crippen LogP contribution >= 0.6 is 0 Å². The smallest absolute Gasteiger partial charge is 0.0532 e. The number of hydrogen-bond acceptors (Lipinski definition) is 2. The predicted octanol–water partition coefficient (Wildman–Crippen LogP) is 1.04. The fourth-order valence-electron chi connectivity index (χ4n) is 1.39. The van der Waals surface area contributed by atoms with Gasteiger partial charge in [-0.15, -0.1) is 0 Å². The van der Waals surface area contributed by atoms with Crippen LogP contribution in [-0.2, 0) is 20.1 Å². The highest BCUT2D eigenvalue weighted by Crippen LogP contribution is 1.99. The van der Waals surface area contributed by atoms with Gasteiger partial charge in [0.05, 0.1) is 6.20 Å². The molecular weight excluding hydrogens is 176 g/mol. The van der Waals surface area contributed by atoms with Gasteiger partial charge >= 0.3 is 0 Å². The van der Waals surface area contributed by atoms with Gasteiger partial charge < -0.3 is 9.88 Å². The van der Waals surface area contributed by atoms with Crippen LogP contribution in [0.4, 0.5) is 0 Å². The third kappa shape index (κ3) is 2.03. The van der Waals surface area contributed by atoms with Crippen molar-refractivity contribution in [3.05, 3.63) is 42.0 Å². The molecule has 0 bridgehead atoms. The Kier molecular flexibility index (Phi) is 2.65. The van der Waals surface area contributed by atoms with Crippen molar-refractivity contribution in [2.45, 2.75) is 13.1 Å². The average molecular weight is 190 g/mol. The second-order valence-corrected chi connectivity index (χ2v) is 3.32. The fourth-order valence-corrected chi connectivity index (χ4v) is 1.39. The van der Waals surface area contributed by atoms with E-state index in [1.54, 1.807) is 0 Å². The first-order valence-corrected chi connectivity index (χ1v) is 4.65. The molecule has 2 aromatic rings. The number of hydrogen-bond donors (Lipinski definition) is 2. The van der Waals surface area contributed by atoms with Crippen LogP contribution in [0.15, 0.2) is 30.7 Å². The van der Waals surface area contributed by atoms with Crippen molar-refractivity contribution in [1.82, 2.24) is 20.1 Å². The van der Waals surface area contributed by atoms with Gasteiger partial charge in [0.1, 0.15) is 0 Å². The Hall–Kier alpha value is -1.55. The lowest BCUT2D eigenvalue weighted by Crippen LogP contribution is -2.14. The summed E-state index contributed by atoms with van der Waals surface area (Å²) in [6.07, 6.45) is 5.78. The van der Waals surface area contributed by atoms with Crippen LogP contribution in [0.5, 0.6) is 0 Å². The Labute approximate surface area is 82.9 Å². The highest BCUT2D eigenvalue weighted by Gasteiger charge is 1.97. The molecule has 74 valence electrons. The van der Waals surface area contributed by atoms with E-state index in [2.05, 4.69) is 45.5 Å². The summed E-state index contributed by atoms with van der Waals surface area (Å²) in [4.78, 5) is 0. The maximum atomic E-state index is 3.89. The number of nitrogens with one attached hydrogen (secondary N) is 2. The Balaban J connectivity index is 1.81. The van der Waals surface area contributed by atoms with Gasteiger partial charge in [-0.25, -0.2) is 0 Å². The van der Waals surface area contributed by atoms with Gasteiger partial charge in [-0.3, -0.25) is 5.10 Å². The number of aromatic amines is 1. The third-order valence-electron chi connectivity index (χ3n) is 2.24. The summed E-state index contributed by atoms with van der Waals surface area (Å²) in [6.45, 7) is 1.73. The van der Waals surface area contributed by atoms with Gasteiger partial charge in [-0.2, -0.15) is 5.10 Å². The monoisotopic (exact) mass is 190 g/mol. The summed E-state index contributed by atoms with van der Waals surface area (Å²) in [5, 5.41) is 10.0. The Bertz CT molecular complexity index is 374. The van der Waals surface area contributed by atoms with Crippen LogP contribution in [0.25, 0.3) is 0 Å². The molecule has 4 heteroatoms. The van der Waals surface area contributed by atoms with Crippen molar-refractivity contribution in [3.8, 4) is 0 Å².